The molecule has 1 amide bonds. The summed E-state index contributed by atoms with van der Waals surface area (Å²) in [5.74, 6) is -0.472. The molecule has 0 aliphatic heterocycles. The van der Waals surface area contributed by atoms with Crippen LogP contribution in [0.5, 0.6) is 0 Å². The number of anilines is 2. The summed E-state index contributed by atoms with van der Waals surface area (Å²) in [6.07, 6.45) is 2.64. The molecular weight excluding hydrogens is 230 g/mol. The summed E-state index contributed by atoms with van der Waals surface area (Å²) < 4.78 is 5.35. The lowest BCUT2D eigenvalue weighted by molar-refractivity contribution is 0.100. The van der Waals surface area contributed by atoms with Crippen molar-refractivity contribution >= 4 is 17.3 Å². The molecule has 0 fully saturated rings. The lowest BCUT2D eigenvalue weighted by atomic mass is 10.1. The zero-order valence-corrected chi connectivity index (χ0v) is 10.3. The quantitative estimate of drug-likeness (QED) is 0.369. The summed E-state index contributed by atoms with van der Waals surface area (Å²) in [4.78, 5) is 11.0. The summed E-state index contributed by atoms with van der Waals surface area (Å²) in [6.45, 7) is 5.44. The maximum absolute atomic E-state index is 11.0. The fraction of sp³-hybridized carbons (Fsp3) is 0.308. The minimum atomic E-state index is -0.472. The van der Waals surface area contributed by atoms with Gasteiger partial charge in [-0.3, -0.25) is 4.79 Å². The Labute approximate surface area is 107 Å². The van der Waals surface area contributed by atoms with Gasteiger partial charge in [0.25, 0.3) is 0 Å². The number of carbonyl (C=O) groups is 1. The van der Waals surface area contributed by atoms with Gasteiger partial charge in [-0.05, 0) is 24.6 Å². The Balaban J connectivity index is 2.43. The van der Waals surface area contributed by atoms with Gasteiger partial charge in [-0.25, -0.2) is 0 Å². The van der Waals surface area contributed by atoms with E-state index in [0.29, 0.717) is 36.7 Å². The number of hydrogen-bond donors (Lipinski definition) is 3. The number of hydrogen-bond acceptors (Lipinski definition) is 4. The van der Waals surface area contributed by atoms with Crippen molar-refractivity contribution in [2.24, 2.45) is 5.73 Å². The number of nitrogens with one attached hydrogen (secondary N) is 1. The number of ether oxygens (including phenoxy) is 1. The van der Waals surface area contributed by atoms with Crippen molar-refractivity contribution in [1.82, 2.24) is 0 Å². The Kier molecular flexibility index (Phi) is 5.73. The van der Waals surface area contributed by atoms with Crippen LogP contribution in [0.1, 0.15) is 16.8 Å². The van der Waals surface area contributed by atoms with E-state index in [1.165, 1.54) is 0 Å². The van der Waals surface area contributed by atoms with Gasteiger partial charge >= 0.3 is 0 Å². The molecule has 1 rings (SSSR count). The van der Waals surface area contributed by atoms with E-state index in [4.69, 9.17) is 16.2 Å². The first-order valence-corrected chi connectivity index (χ1v) is 5.77. The second kappa shape index (κ2) is 7.34. The first kappa shape index (κ1) is 14.1. The molecule has 18 heavy (non-hydrogen) atoms. The molecule has 0 aliphatic carbocycles. The maximum atomic E-state index is 11.0. The first-order chi connectivity index (χ1) is 8.65. The molecule has 5 N–H and O–H groups in total. The molecule has 0 radical (unpaired) electrons. The Bertz CT molecular complexity index is 419. The fourth-order valence-electron chi connectivity index (χ4n) is 1.39. The molecular formula is C13H19N3O2. The summed E-state index contributed by atoms with van der Waals surface area (Å²) in [5, 5.41) is 3.10. The predicted octanol–water partition coefficient (Wildman–Crippen LogP) is 1.37. The van der Waals surface area contributed by atoms with Crippen LogP contribution in [0.2, 0.25) is 0 Å². The predicted molar refractivity (Wildman–Crippen MR) is 73.5 cm³/mol. The zero-order valence-electron chi connectivity index (χ0n) is 10.3. The van der Waals surface area contributed by atoms with E-state index in [-0.39, 0.29) is 0 Å². The van der Waals surface area contributed by atoms with Crippen LogP contribution in [0.15, 0.2) is 30.9 Å². The molecule has 0 aromatic heterocycles. The van der Waals surface area contributed by atoms with Crippen molar-refractivity contribution in [1.29, 1.82) is 0 Å². The van der Waals surface area contributed by atoms with Crippen molar-refractivity contribution in [3.8, 4) is 0 Å². The SMILES string of the molecule is C=CCCOCCNc1cc(C(N)=O)ccc1N. The van der Waals surface area contributed by atoms with E-state index in [1.807, 2.05) is 6.08 Å². The van der Waals surface area contributed by atoms with Gasteiger partial charge in [0.1, 0.15) is 0 Å². The van der Waals surface area contributed by atoms with Gasteiger partial charge in [0.15, 0.2) is 0 Å². The average molecular weight is 249 g/mol. The molecule has 0 saturated carbocycles. The van der Waals surface area contributed by atoms with Gasteiger partial charge < -0.3 is 21.5 Å². The Morgan fingerprint density at radius 2 is 2.22 bits per heavy atom. The van der Waals surface area contributed by atoms with Gasteiger partial charge in [-0.15, -0.1) is 6.58 Å². The van der Waals surface area contributed by atoms with Crippen LogP contribution in [-0.2, 0) is 4.74 Å². The molecule has 0 aliphatic rings. The van der Waals surface area contributed by atoms with E-state index in [1.54, 1.807) is 18.2 Å². The third-order valence-corrected chi connectivity index (χ3v) is 2.37. The van der Waals surface area contributed by atoms with E-state index >= 15 is 0 Å². The van der Waals surface area contributed by atoms with Crippen molar-refractivity contribution in [3.63, 3.8) is 0 Å². The standard InChI is InChI=1S/C13H19N3O2/c1-2-3-7-18-8-6-16-12-9-10(13(15)17)4-5-11(12)14/h2,4-5,9,16H,1,3,6-8,14H2,(H2,15,17). The lowest BCUT2D eigenvalue weighted by Crippen LogP contribution is -2.14. The summed E-state index contributed by atoms with van der Waals surface area (Å²) in [5.41, 5.74) is 12.7. The Morgan fingerprint density at radius 3 is 2.89 bits per heavy atom. The van der Waals surface area contributed by atoms with Crippen LogP contribution in [0.4, 0.5) is 11.4 Å². The summed E-state index contributed by atoms with van der Waals surface area (Å²) in [6, 6.07) is 4.89. The van der Waals surface area contributed by atoms with E-state index in [2.05, 4.69) is 11.9 Å². The molecule has 0 bridgehead atoms. The van der Waals surface area contributed by atoms with Crippen LogP contribution in [0.25, 0.3) is 0 Å². The Morgan fingerprint density at radius 1 is 1.44 bits per heavy atom. The van der Waals surface area contributed by atoms with E-state index in [9.17, 15) is 4.79 Å². The number of amides is 1. The third kappa shape index (κ3) is 4.47. The maximum Gasteiger partial charge on any atom is 0.248 e. The van der Waals surface area contributed by atoms with Crippen LogP contribution in [0, 0.1) is 0 Å². The molecule has 0 heterocycles. The van der Waals surface area contributed by atoms with Crippen molar-refractivity contribution in [2.45, 2.75) is 6.42 Å². The molecule has 98 valence electrons. The molecule has 0 saturated heterocycles. The molecule has 0 spiro atoms. The smallest absolute Gasteiger partial charge is 0.248 e. The monoisotopic (exact) mass is 249 g/mol. The van der Waals surface area contributed by atoms with Gasteiger partial charge in [-0.2, -0.15) is 0 Å². The zero-order chi connectivity index (χ0) is 13.4. The number of benzene rings is 1. The highest BCUT2D eigenvalue weighted by Gasteiger charge is 2.04. The topological polar surface area (TPSA) is 90.4 Å². The highest BCUT2D eigenvalue weighted by molar-refractivity contribution is 5.94. The van der Waals surface area contributed by atoms with Gasteiger partial charge in [0.05, 0.1) is 24.6 Å². The van der Waals surface area contributed by atoms with Crippen LogP contribution >= 0.6 is 0 Å². The normalized spacial score (nSPS) is 10.0. The number of nitrogen functional groups attached to an aromatic ring is 1. The average Bonchev–Trinajstić information content (AvgIpc) is 2.35. The fourth-order valence-corrected chi connectivity index (χ4v) is 1.39. The largest absolute Gasteiger partial charge is 0.397 e. The highest BCUT2D eigenvalue weighted by atomic mass is 16.5. The van der Waals surface area contributed by atoms with Crippen LogP contribution in [-0.4, -0.2) is 25.7 Å². The lowest BCUT2D eigenvalue weighted by Gasteiger charge is -2.10. The highest BCUT2D eigenvalue weighted by Crippen LogP contribution is 2.19. The molecule has 5 heteroatoms. The Hall–Kier alpha value is -2.01. The molecule has 0 unspecified atom stereocenters. The third-order valence-electron chi connectivity index (χ3n) is 2.37. The van der Waals surface area contributed by atoms with E-state index in [0.717, 1.165) is 6.42 Å². The van der Waals surface area contributed by atoms with Crippen molar-refractivity contribution in [3.05, 3.63) is 36.4 Å². The second-order valence-corrected chi connectivity index (χ2v) is 3.78. The molecule has 0 atom stereocenters. The molecule has 5 nitrogen and oxygen atoms in total. The number of nitrogens with two attached hydrogens (primary N) is 2. The van der Waals surface area contributed by atoms with Gasteiger partial charge in [0, 0.05) is 12.1 Å². The first-order valence-electron chi connectivity index (χ1n) is 5.77. The summed E-state index contributed by atoms with van der Waals surface area (Å²) in [7, 11) is 0. The van der Waals surface area contributed by atoms with Crippen molar-refractivity contribution in [2.75, 3.05) is 30.8 Å². The number of carbonyl (C=O) groups excluding carboxylic acids is 1. The number of primary amides is 1. The second-order valence-electron chi connectivity index (χ2n) is 3.78. The summed E-state index contributed by atoms with van der Waals surface area (Å²) >= 11 is 0. The molecule has 1 aromatic rings. The van der Waals surface area contributed by atoms with Gasteiger partial charge in [0.2, 0.25) is 5.91 Å². The van der Waals surface area contributed by atoms with Gasteiger partial charge in [-0.1, -0.05) is 6.08 Å². The minimum absolute atomic E-state index is 0.430. The minimum Gasteiger partial charge on any atom is -0.397 e. The van der Waals surface area contributed by atoms with Crippen molar-refractivity contribution < 1.29 is 9.53 Å². The van der Waals surface area contributed by atoms with Crippen LogP contribution < -0.4 is 16.8 Å². The van der Waals surface area contributed by atoms with E-state index < -0.39 is 5.91 Å². The van der Waals surface area contributed by atoms with Crippen LogP contribution in [0.3, 0.4) is 0 Å². The number of rotatable bonds is 8. The molecule has 1 aromatic carbocycles.